The molecule has 2 aliphatic carbocycles. The molecule has 0 radical (unpaired) electrons. The summed E-state index contributed by atoms with van der Waals surface area (Å²) in [7, 11) is 0. The van der Waals surface area contributed by atoms with Crippen molar-refractivity contribution in [1.29, 1.82) is 0 Å². The summed E-state index contributed by atoms with van der Waals surface area (Å²) in [5, 5.41) is 0. The highest BCUT2D eigenvalue weighted by molar-refractivity contribution is 5.77. The van der Waals surface area contributed by atoms with E-state index in [0.29, 0.717) is 11.2 Å². The maximum absolute atomic E-state index is 11.4. The van der Waals surface area contributed by atoms with E-state index in [2.05, 4.69) is 27.7 Å². The van der Waals surface area contributed by atoms with Crippen LogP contribution in [0.15, 0.2) is 0 Å². The number of hydrogen-bond acceptors (Lipinski definition) is 1. The van der Waals surface area contributed by atoms with Crippen molar-refractivity contribution in [3.63, 3.8) is 0 Å². The van der Waals surface area contributed by atoms with Gasteiger partial charge in [0.05, 0.1) is 0 Å². The van der Waals surface area contributed by atoms with Crippen LogP contribution in [0.5, 0.6) is 0 Å². The minimum atomic E-state index is 0.284. The van der Waals surface area contributed by atoms with Crippen molar-refractivity contribution in [2.75, 3.05) is 0 Å². The predicted molar refractivity (Wildman–Crippen MR) is 133 cm³/mol. The third-order valence-electron chi connectivity index (χ3n) is 5.83. The minimum Gasteiger partial charge on any atom is -0.300 e. The zero-order valence-corrected chi connectivity index (χ0v) is 22.5. The van der Waals surface area contributed by atoms with Gasteiger partial charge in [-0.1, -0.05) is 128 Å². The lowest BCUT2D eigenvalue weighted by Crippen LogP contribution is -2.16. The molecule has 0 aromatic carbocycles. The van der Waals surface area contributed by atoms with Crippen LogP contribution in [-0.4, -0.2) is 5.78 Å². The van der Waals surface area contributed by atoms with E-state index in [-0.39, 0.29) is 5.92 Å². The highest BCUT2D eigenvalue weighted by atomic mass is 16.1. The van der Waals surface area contributed by atoms with E-state index in [1.165, 1.54) is 51.4 Å². The highest BCUT2D eigenvalue weighted by Crippen LogP contribution is 2.64. The van der Waals surface area contributed by atoms with Crippen LogP contribution >= 0.6 is 0 Å². The average molecular weight is 401 g/mol. The highest BCUT2D eigenvalue weighted by Gasteiger charge is 2.56. The van der Waals surface area contributed by atoms with Gasteiger partial charge in [0.15, 0.2) is 0 Å². The summed E-state index contributed by atoms with van der Waals surface area (Å²) in [4.78, 5) is 11.4. The molecule has 0 aromatic rings. The second kappa shape index (κ2) is 24.7. The van der Waals surface area contributed by atoms with Gasteiger partial charge < -0.3 is 0 Å². The lowest BCUT2D eigenvalue weighted by molar-refractivity contribution is -0.120. The number of unbranched alkanes of at least 4 members (excludes halogenated alkanes) is 1. The summed E-state index contributed by atoms with van der Waals surface area (Å²) in [6, 6.07) is 0. The fourth-order valence-corrected chi connectivity index (χ4v) is 3.94. The van der Waals surface area contributed by atoms with Crippen LogP contribution in [0.3, 0.4) is 0 Å². The molecule has 0 saturated heterocycles. The number of carbonyl (C=O) groups is 1. The zero-order valence-electron chi connectivity index (χ0n) is 22.5. The molecule has 0 aromatic heterocycles. The molecule has 2 aliphatic rings. The molecule has 174 valence electrons. The normalized spacial score (nSPS) is 22.7. The van der Waals surface area contributed by atoms with E-state index in [0.717, 1.165) is 18.3 Å². The molecule has 0 bridgehead atoms. The van der Waals surface area contributed by atoms with Gasteiger partial charge in [0.2, 0.25) is 0 Å². The molecule has 1 heteroatoms. The van der Waals surface area contributed by atoms with Gasteiger partial charge in [0.1, 0.15) is 5.78 Å². The molecule has 2 fully saturated rings. The zero-order chi connectivity index (χ0) is 23.2. The Labute approximate surface area is 181 Å². The number of Topliss-reactive ketones (excluding diaryl/α,β-unsaturated/α-hetero) is 1. The molecule has 2 saturated carbocycles. The number of carbonyl (C=O) groups excluding carboxylic acids is 1. The van der Waals surface area contributed by atoms with E-state index < -0.39 is 0 Å². The second-order valence-corrected chi connectivity index (χ2v) is 7.29. The Bertz CT molecular complexity index is 289. The molecule has 0 aliphatic heterocycles. The third kappa shape index (κ3) is 14.6. The molecule has 28 heavy (non-hydrogen) atoms. The van der Waals surface area contributed by atoms with Crippen LogP contribution in [0.25, 0.3) is 0 Å². The second-order valence-electron chi connectivity index (χ2n) is 7.29. The number of hydrogen-bond donors (Lipinski definition) is 0. The molecule has 1 nitrogen and oxygen atoms in total. The van der Waals surface area contributed by atoms with Gasteiger partial charge in [-0.2, -0.15) is 0 Å². The van der Waals surface area contributed by atoms with Gasteiger partial charge in [-0.05, 0) is 37.0 Å². The Morgan fingerprint density at radius 2 is 1.25 bits per heavy atom. The molecule has 3 atom stereocenters. The van der Waals surface area contributed by atoms with Gasteiger partial charge in [0.25, 0.3) is 0 Å². The molecule has 0 N–H and O–H groups in total. The Kier molecular flexibility index (Phi) is 31.0. The molecule has 0 amide bonds. The van der Waals surface area contributed by atoms with E-state index in [9.17, 15) is 4.79 Å². The fourth-order valence-electron chi connectivity index (χ4n) is 3.94. The summed E-state index contributed by atoms with van der Waals surface area (Å²) < 4.78 is 0. The largest absolute Gasteiger partial charge is 0.300 e. The van der Waals surface area contributed by atoms with Gasteiger partial charge in [-0.3, -0.25) is 4.79 Å². The summed E-state index contributed by atoms with van der Waals surface area (Å²) in [5.74, 6) is 2.62. The first-order valence-electron chi connectivity index (χ1n) is 13.0. The van der Waals surface area contributed by atoms with Crippen LogP contribution < -0.4 is 0 Å². The summed E-state index contributed by atoms with van der Waals surface area (Å²) >= 11 is 0. The Balaban J connectivity index is -0.000000203. The summed E-state index contributed by atoms with van der Waals surface area (Å²) in [5.41, 5.74) is 0.556. The van der Waals surface area contributed by atoms with Gasteiger partial charge in [0, 0.05) is 5.92 Å². The van der Waals surface area contributed by atoms with Crippen LogP contribution in [0.4, 0.5) is 0 Å². The van der Waals surface area contributed by atoms with Crippen molar-refractivity contribution in [3.8, 4) is 0 Å². The van der Waals surface area contributed by atoms with Crippen molar-refractivity contribution in [3.05, 3.63) is 0 Å². The minimum absolute atomic E-state index is 0.284. The van der Waals surface area contributed by atoms with Gasteiger partial charge >= 0.3 is 0 Å². The van der Waals surface area contributed by atoms with Crippen LogP contribution in [0, 0.1) is 23.2 Å². The van der Waals surface area contributed by atoms with E-state index in [1.807, 2.05) is 55.4 Å². The number of rotatable bonds is 6. The first-order valence-corrected chi connectivity index (χ1v) is 13.0. The van der Waals surface area contributed by atoms with E-state index in [4.69, 9.17) is 0 Å². The van der Waals surface area contributed by atoms with Crippen LogP contribution in [-0.2, 0) is 4.79 Å². The third-order valence-corrected chi connectivity index (χ3v) is 5.83. The Morgan fingerprint density at radius 3 is 1.54 bits per heavy atom. The van der Waals surface area contributed by atoms with E-state index >= 15 is 0 Å². The number of ketones is 1. The predicted octanol–water partition coefficient (Wildman–Crippen LogP) is 10.1. The Morgan fingerprint density at radius 1 is 0.857 bits per heavy atom. The molecule has 0 heterocycles. The molecular weight excluding hydrogens is 340 g/mol. The van der Waals surface area contributed by atoms with Crippen molar-refractivity contribution in [2.45, 2.75) is 148 Å². The van der Waals surface area contributed by atoms with Crippen molar-refractivity contribution >= 4 is 5.78 Å². The first-order chi connectivity index (χ1) is 13.5. The molecule has 2 rings (SSSR count). The average Bonchev–Trinajstić information content (AvgIpc) is 3.21. The monoisotopic (exact) mass is 400 g/mol. The summed E-state index contributed by atoms with van der Waals surface area (Å²) in [6.07, 6.45) is 12.3. The Hall–Kier alpha value is -0.330. The molecule has 0 spiro atoms. The maximum atomic E-state index is 11.4. The van der Waals surface area contributed by atoms with E-state index in [1.54, 1.807) is 6.92 Å². The molecule has 1 unspecified atom stereocenters. The smallest absolute Gasteiger partial charge is 0.132 e. The summed E-state index contributed by atoms with van der Waals surface area (Å²) in [6.45, 7) is 26.5. The first kappa shape index (κ1) is 35.1. The SMILES string of the molecule is CC.CC.CC.CC.CCCC.CC[C@]1(CC(C)C(C)=O)C[C@@H]1C1CCCC1. The molecular formula is C27H60O. The lowest BCUT2D eigenvalue weighted by Gasteiger charge is -2.21. The van der Waals surface area contributed by atoms with Crippen molar-refractivity contribution in [1.82, 2.24) is 0 Å². The van der Waals surface area contributed by atoms with Crippen LogP contribution in [0.2, 0.25) is 0 Å². The maximum Gasteiger partial charge on any atom is 0.132 e. The fraction of sp³-hybridized carbons (Fsp3) is 0.963. The van der Waals surface area contributed by atoms with Gasteiger partial charge in [-0.25, -0.2) is 0 Å². The quantitative estimate of drug-likeness (QED) is 0.433. The van der Waals surface area contributed by atoms with Crippen molar-refractivity contribution < 1.29 is 4.79 Å². The van der Waals surface area contributed by atoms with Crippen LogP contribution in [0.1, 0.15) is 148 Å². The standard InChI is InChI=1S/C15H26O.C4H10.4C2H6/c1-4-15(9-11(2)12(3)16)10-14(15)13-7-5-6-8-13;1-3-4-2;4*1-2/h11,13-14H,4-10H2,1-3H3;3-4H2,1-2H3;4*1-2H3/t11?,14-,15+;;;;;/m1...../s1. The topological polar surface area (TPSA) is 17.1 Å². The van der Waals surface area contributed by atoms with Gasteiger partial charge in [-0.15, -0.1) is 0 Å². The lowest BCUT2D eigenvalue weighted by atomic mass is 9.83. The van der Waals surface area contributed by atoms with Crippen molar-refractivity contribution in [2.24, 2.45) is 23.2 Å².